The SMILES string of the molecule is CCCc1ccc(S(=O)(=O)N[C@@H](C)CN)cc1. The normalized spacial score (nSPS) is 13.6. The highest BCUT2D eigenvalue weighted by molar-refractivity contribution is 7.89. The number of rotatable bonds is 6. The van der Waals surface area contributed by atoms with Gasteiger partial charge in [0.1, 0.15) is 0 Å². The van der Waals surface area contributed by atoms with Crippen molar-refractivity contribution in [2.24, 2.45) is 5.73 Å². The number of aryl methyl sites for hydroxylation is 1. The summed E-state index contributed by atoms with van der Waals surface area (Å²) in [5.74, 6) is 0. The quantitative estimate of drug-likeness (QED) is 0.805. The minimum Gasteiger partial charge on any atom is -0.329 e. The predicted octanol–water partition coefficient (Wildman–Crippen LogP) is 1.26. The van der Waals surface area contributed by atoms with E-state index in [2.05, 4.69) is 11.6 Å². The summed E-state index contributed by atoms with van der Waals surface area (Å²) in [6.45, 7) is 4.12. The number of sulfonamides is 1. The number of nitrogens with one attached hydrogen (secondary N) is 1. The maximum absolute atomic E-state index is 11.9. The minimum absolute atomic E-state index is 0.254. The summed E-state index contributed by atoms with van der Waals surface area (Å²) < 4.78 is 26.3. The second kappa shape index (κ2) is 6.14. The molecule has 0 heterocycles. The lowest BCUT2D eigenvalue weighted by atomic mass is 10.1. The van der Waals surface area contributed by atoms with Crippen molar-refractivity contribution >= 4 is 10.0 Å². The van der Waals surface area contributed by atoms with E-state index in [1.54, 1.807) is 19.1 Å². The largest absolute Gasteiger partial charge is 0.329 e. The molecule has 1 rings (SSSR count). The molecule has 5 heteroatoms. The molecular formula is C12H20N2O2S. The molecule has 0 saturated heterocycles. The molecule has 0 unspecified atom stereocenters. The van der Waals surface area contributed by atoms with E-state index in [0.717, 1.165) is 18.4 Å². The van der Waals surface area contributed by atoms with Crippen LogP contribution in [0.4, 0.5) is 0 Å². The molecule has 1 aromatic carbocycles. The molecule has 4 nitrogen and oxygen atoms in total. The topological polar surface area (TPSA) is 72.2 Å². The lowest BCUT2D eigenvalue weighted by Gasteiger charge is -2.12. The van der Waals surface area contributed by atoms with Crippen LogP contribution in [0.2, 0.25) is 0 Å². The fourth-order valence-corrected chi connectivity index (χ4v) is 2.76. The van der Waals surface area contributed by atoms with Crippen LogP contribution in [0, 0.1) is 0 Å². The van der Waals surface area contributed by atoms with E-state index >= 15 is 0 Å². The second-order valence-corrected chi connectivity index (χ2v) is 5.87. The molecule has 0 amide bonds. The maximum atomic E-state index is 11.9. The van der Waals surface area contributed by atoms with Gasteiger partial charge in [0.2, 0.25) is 10.0 Å². The van der Waals surface area contributed by atoms with Gasteiger partial charge >= 0.3 is 0 Å². The van der Waals surface area contributed by atoms with Crippen LogP contribution in [0.1, 0.15) is 25.8 Å². The lowest BCUT2D eigenvalue weighted by molar-refractivity contribution is 0.562. The van der Waals surface area contributed by atoms with E-state index in [-0.39, 0.29) is 17.5 Å². The summed E-state index contributed by atoms with van der Waals surface area (Å²) in [5.41, 5.74) is 6.55. The van der Waals surface area contributed by atoms with Gasteiger partial charge in [-0.15, -0.1) is 0 Å². The summed E-state index contributed by atoms with van der Waals surface area (Å²) >= 11 is 0. The molecule has 0 aliphatic heterocycles. The van der Waals surface area contributed by atoms with Gasteiger partial charge in [-0.05, 0) is 31.0 Å². The Morgan fingerprint density at radius 3 is 2.35 bits per heavy atom. The Bertz CT molecular complexity index is 440. The molecule has 0 aromatic heterocycles. The van der Waals surface area contributed by atoms with Crippen LogP contribution < -0.4 is 10.5 Å². The van der Waals surface area contributed by atoms with Crippen LogP contribution in [0.3, 0.4) is 0 Å². The zero-order valence-electron chi connectivity index (χ0n) is 10.3. The fourth-order valence-electron chi connectivity index (χ4n) is 1.50. The zero-order chi connectivity index (χ0) is 12.9. The molecule has 0 fully saturated rings. The van der Waals surface area contributed by atoms with E-state index < -0.39 is 10.0 Å². The Labute approximate surface area is 103 Å². The van der Waals surface area contributed by atoms with Crippen molar-refractivity contribution in [1.82, 2.24) is 4.72 Å². The Balaban J connectivity index is 2.85. The monoisotopic (exact) mass is 256 g/mol. The van der Waals surface area contributed by atoms with Gasteiger partial charge in [0.15, 0.2) is 0 Å². The molecule has 0 bridgehead atoms. The number of nitrogens with two attached hydrogens (primary N) is 1. The third-order valence-electron chi connectivity index (χ3n) is 2.48. The van der Waals surface area contributed by atoms with E-state index in [9.17, 15) is 8.42 Å². The van der Waals surface area contributed by atoms with Crippen molar-refractivity contribution in [2.45, 2.75) is 37.6 Å². The standard InChI is InChI=1S/C12H20N2O2S/c1-3-4-11-5-7-12(8-6-11)17(15,16)14-10(2)9-13/h5-8,10,14H,3-4,9,13H2,1-2H3/t10-/m0/s1. The van der Waals surface area contributed by atoms with Gasteiger partial charge in [0.05, 0.1) is 4.90 Å². The van der Waals surface area contributed by atoms with Crippen LogP contribution >= 0.6 is 0 Å². The van der Waals surface area contributed by atoms with Gasteiger partial charge in [-0.2, -0.15) is 0 Å². The van der Waals surface area contributed by atoms with Gasteiger partial charge in [0.25, 0.3) is 0 Å². The van der Waals surface area contributed by atoms with E-state index in [0.29, 0.717) is 0 Å². The molecule has 1 aromatic rings. The van der Waals surface area contributed by atoms with E-state index in [4.69, 9.17) is 5.73 Å². The second-order valence-electron chi connectivity index (χ2n) is 4.15. The highest BCUT2D eigenvalue weighted by Gasteiger charge is 2.15. The van der Waals surface area contributed by atoms with Crippen molar-refractivity contribution in [3.63, 3.8) is 0 Å². The summed E-state index contributed by atoms with van der Waals surface area (Å²) in [4.78, 5) is 0.289. The molecule has 0 aliphatic carbocycles. The highest BCUT2D eigenvalue weighted by atomic mass is 32.2. The Morgan fingerprint density at radius 2 is 1.88 bits per heavy atom. The van der Waals surface area contributed by atoms with Gasteiger partial charge in [-0.3, -0.25) is 0 Å². The third-order valence-corrected chi connectivity index (χ3v) is 4.09. The first kappa shape index (κ1) is 14.2. The average Bonchev–Trinajstić information content (AvgIpc) is 2.29. The van der Waals surface area contributed by atoms with Crippen LogP contribution in [-0.4, -0.2) is 21.0 Å². The Kier molecular flexibility index (Phi) is 5.11. The van der Waals surface area contributed by atoms with Gasteiger partial charge in [-0.25, -0.2) is 13.1 Å². The van der Waals surface area contributed by atoms with Gasteiger partial charge < -0.3 is 5.73 Å². The molecule has 0 spiro atoms. The molecule has 17 heavy (non-hydrogen) atoms. The van der Waals surface area contributed by atoms with Crippen molar-refractivity contribution in [3.8, 4) is 0 Å². The zero-order valence-corrected chi connectivity index (χ0v) is 11.1. The Hall–Kier alpha value is -0.910. The lowest BCUT2D eigenvalue weighted by Crippen LogP contribution is -2.37. The molecule has 0 aliphatic rings. The molecule has 0 saturated carbocycles. The van der Waals surface area contributed by atoms with Crippen LogP contribution in [0.25, 0.3) is 0 Å². The van der Waals surface area contributed by atoms with Crippen molar-refractivity contribution in [1.29, 1.82) is 0 Å². The van der Waals surface area contributed by atoms with Crippen LogP contribution in [0.15, 0.2) is 29.2 Å². The first-order valence-corrected chi connectivity index (χ1v) is 7.29. The predicted molar refractivity (Wildman–Crippen MR) is 69.3 cm³/mol. The summed E-state index contributed by atoms with van der Waals surface area (Å²) in [7, 11) is -3.43. The van der Waals surface area contributed by atoms with Crippen LogP contribution in [-0.2, 0) is 16.4 Å². The molecular weight excluding hydrogens is 236 g/mol. The molecule has 96 valence electrons. The summed E-state index contributed by atoms with van der Waals surface area (Å²) in [6.07, 6.45) is 2.02. The molecule has 3 N–H and O–H groups in total. The van der Waals surface area contributed by atoms with Crippen molar-refractivity contribution in [3.05, 3.63) is 29.8 Å². The van der Waals surface area contributed by atoms with Crippen LogP contribution in [0.5, 0.6) is 0 Å². The number of hydrogen-bond donors (Lipinski definition) is 2. The van der Waals surface area contributed by atoms with E-state index in [1.807, 2.05) is 12.1 Å². The minimum atomic E-state index is -3.43. The smallest absolute Gasteiger partial charge is 0.240 e. The van der Waals surface area contributed by atoms with Gasteiger partial charge in [0, 0.05) is 12.6 Å². The molecule has 1 atom stereocenters. The third kappa shape index (κ3) is 4.11. The van der Waals surface area contributed by atoms with E-state index in [1.165, 1.54) is 0 Å². The summed E-state index contributed by atoms with van der Waals surface area (Å²) in [6, 6.07) is 6.72. The average molecular weight is 256 g/mol. The van der Waals surface area contributed by atoms with Crippen molar-refractivity contribution in [2.75, 3.05) is 6.54 Å². The summed E-state index contributed by atoms with van der Waals surface area (Å²) in [5, 5.41) is 0. The molecule has 0 radical (unpaired) electrons. The number of benzene rings is 1. The van der Waals surface area contributed by atoms with Crippen molar-refractivity contribution < 1.29 is 8.42 Å². The first-order valence-electron chi connectivity index (χ1n) is 5.81. The number of hydrogen-bond acceptors (Lipinski definition) is 3. The Morgan fingerprint density at radius 1 is 1.29 bits per heavy atom. The highest BCUT2D eigenvalue weighted by Crippen LogP contribution is 2.12. The maximum Gasteiger partial charge on any atom is 0.240 e. The first-order chi connectivity index (χ1) is 7.99. The van der Waals surface area contributed by atoms with Gasteiger partial charge in [-0.1, -0.05) is 25.5 Å². The fraction of sp³-hybridized carbons (Fsp3) is 0.500.